The Hall–Kier alpha value is -3.07. The van der Waals surface area contributed by atoms with Gasteiger partial charge in [0.25, 0.3) is 0 Å². The molecule has 0 aliphatic carbocycles. The summed E-state index contributed by atoms with van der Waals surface area (Å²) in [6, 6.07) is 27.5. The van der Waals surface area contributed by atoms with Gasteiger partial charge in [-0.25, -0.2) is 4.79 Å². The SMILES string of the molecule is O=C(OC1C(O)OC(COCc2ccccc2)C(OCc2ccccc2)C1O)c1ccccc1. The van der Waals surface area contributed by atoms with Crippen LogP contribution in [0.25, 0.3) is 0 Å². The number of carbonyl (C=O) groups excluding carboxylic acids is 1. The maximum Gasteiger partial charge on any atom is 0.338 e. The van der Waals surface area contributed by atoms with Crippen LogP contribution in [-0.4, -0.2) is 53.5 Å². The molecule has 7 heteroatoms. The van der Waals surface area contributed by atoms with Gasteiger partial charge in [-0.2, -0.15) is 0 Å². The van der Waals surface area contributed by atoms with Gasteiger partial charge < -0.3 is 29.2 Å². The highest BCUT2D eigenvalue weighted by molar-refractivity contribution is 5.89. The van der Waals surface area contributed by atoms with Crippen LogP contribution in [0.4, 0.5) is 0 Å². The zero-order chi connectivity index (χ0) is 23.8. The summed E-state index contributed by atoms with van der Waals surface area (Å²) >= 11 is 0. The molecule has 0 radical (unpaired) electrons. The van der Waals surface area contributed by atoms with Gasteiger partial charge in [0.15, 0.2) is 12.4 Å². The third-order valence-electron chi connectivity index (χ3n) is 5.57. The van der Waals surface area contributed by atoms with Crippen molar-refractivity contribution >= 4 is 5.97 Å². The fourth-order valence-electron chi connectivity index (χ4n) is 3.78. The summed E-state index contributed by atoms with van der Waals surface area (Å²) in [5.41, 5.74) is 2.19. The first-order valence-corrected chi connectivity index (χ1v) is 11.2. The average Bonchev–Trinajstić information content (AvgIpc) is 2.88. The molecule has 178 valence electrons. The summed E-state index contributed by atoms with van der Waals surface area (Å²) in [5.74, 6) is -0.673. The van der Waals surface area contributed by atoms with Crippen LogP contribution in [-0.2, 0) is 32.2 Å². The molecule has 3 aromatic rings. The standard InChI is InChI=1S/C27H28O7/c28-23-24(32-17-20-12-6-2-7-13-20)22(18-31-16-19-10-4-1-5-11-19)33-27(30)25(23)34-26(29)21-14-8-3-9-15-21/h1-15,22-25,27-28,30H,16-18H2. The molecule has 0 spiro atoms. The molecule has 1 aliphatic rings. The van der Waals surface area contributed by atoms with E-state index in [1.807, 2.05) is 60.7 Å². The van der Waals surface area contributed by atoms with Gasteiger partial charge in [0, 0.05) is 0 Å². The van der Waals surface area contributed by atoms with E-state index in [1.165, 1.54) is 0 Å². The number of hydrogen-bond acceptors (Lipinski definition) is 7. The van der Waals surface area contributed by atoms with Crippen LogP contribution in [0.3, 0.4) is 0 Å². The van der Waals surface area contributed by atoms with Crippen molar-refractivity contribution in [1.29, 1.82) is 0 Å². The molecule has 2 N–H and O–H groups in total. The molecular formula is C27H28O7. The number of benzene rings is 3. The summed E-state index contributed by atoms with van der Waals surface area (Å²) < 4.78 is 22.9. The second kappa shape index (κ2) is 11.9. The maximum absolute atomic E-state index is 12.5. The Kier molecular flexibility index (Phi) is 8.41. The highest BCUT2D eigenvalue weighted by atomic mass is 16.7. The summed E-state index contributed by atoms with van der Waals surface area (Å²) in [6.07, 6.45) is -5.86. The number of aliphatic hydroxyl groups is 2. The van der Waals surface area contributed by atoms with E-state index in [0.29, 0.717) is 12.2 Å². The van der Waals surface area contributed by atoms with Crippen LogP contribution < -0.4 is 0 Å². The highest BCUT2D eigenvalue weighted by Gasteiger charge is 2.47. The number of esters is 1. The molecule has 34 heavy (non-hydrogen) atoms. The van der Waals surface area contributed by atoms with Gasteiger partial charge in [0.2, 0.25) is 0 Å². The van der Waals surface area contributed by atoms with Crippen LogP contribution in [0.2, 0.25) is 0 Å². The van der Waals surface area contributed by atoms with Crippen LogP contribution in [0.5, 0.6) is 0 Å². The van der Waals surface area contributed by atoms with E-state index in [2.05, 4.69) is 0 Å². The molecule has 1 saturated heterocycles. The summed E-state index contributed by atoms with van der Waals surface area (Å²) in [7, 11) is 0. The third kappa shape index (κ3) is 6.28. The third-order valence-corrected chi connectivity index (χ3v) is 5.57. The lowest BCUT2D eigenvalue weighted by Crippen LogP contribution is -2.60. The number of rotatable bonds is 9. The number of carbonyl (C=O) groups is 1. The summed E-state index contributed by atoms with van der Waals surface area (Å²) in [6.45, 7) is 0.614. The molecule has 1 aliphatic heterocycles. The van der Waals surface area contributed by atoms with E-state index in [-0.39, 0.29) is 13.2 Å². The van der Waals surface area contributed by atoms with Crippen molar-refractivity contribution in [2.75, 3.05) is 6.61 Å². The van der Waals surface area contributed by atoms with E-state index >= 15 is 0 Å². The van der Waals surface area contributed by atoms with Crippen molar-refractivity contribution in [3.05, 3.63) is 108 Å². The van der Waals surface area contributed by atoms with E-state index in [1.54, 1.807) is 30.3 Å². The predicted octanol–water partition coefficient (Wildman–Crippen LogP) is 3.09. The minimum absolute atomic E-state index is 0.0713. The molecule has 0 bridgehead atoms. The first-order chi connectivity index (χ1) is 16.6. The van der Waals surface area contributed by atoms with Gasteiger partial charge in [0.1, 0.15) is 18.3 Å². The molecule has 7 nitrogen and oxygen atoms in total. The summed E-state index contributed by atoms with van der Waals surface area (Å²) in [4.78, 5) is 12.5. The topological polar surface area (TPSA) is 94.5 Å². The Morgan fingerprint density at radius 3 is 1.94 bits per heavy atom. The first kappa shape index (κ1) is 24.1. The molecule has 3 aromatic carbocycles. The molecule has 5 unspecified atom stereocenters. The minimum Gasteiger partial charge on any atom is -0.450 e. The van der Waals surface area contributed by atoms with Crippen molar-refractivity contribution < 1.29 is 34.0 Å². The van der Waals surface area contributed by atoms with Gasteiger partial charge in [-0.1, -0.05) is 78.9 Å². The van der Waals surface area contributed by atoms with Gasteiger partial charge >= 0.3 is 5.97 Å². The maximum atomic E-state index is 12.5. The van der Waals surface area contributed by atoms with Crippen LogP contribution in [0.15, 0.2) is 91.0 Å². The fraction of sp³-hybridized carbons (Fsp3) is 0.296. The van der Waals surface area contributed by atoms with E-state index in [0.717, 1.165) is 11.1 Å². The normalized spacial score (nSPS) is 24.5. The van der Waals surface area contributed by atoms with Crippen molar-refractivity contribution in [1.82, 2.24) is 0 Å². The van der Waals surface area contributed by atoms with E-state index in [9.17, 15) is 15.0 Å². The fourth-order valence-corrected chi connectivity index (χ4v) is 3.78. The average molecular weight is 465 g/mol. The Balaban J connectivity index is 1.44. The Morgan fingerprint density at radius 2 is 1.32 bits per heavy atom. The Bertz CT molecular complexity index is 1010. The predicted molar refractivity (Wildman–Crippen MR) is 124 cm³/mol. The quantitative estimate of drug-likeness (QED) is 0.470. The minimum atomic E-state index is -1.54. The van der Waals surface area contributed by atoms with Crippen molar-refractivity contribution in [3.63, 3.8) is 0 Å². The van der Waals surface area contributed by atoms with Crippen molar-refractivity contribution in [2.45, 2.75) is 43.9 Å². The van der Waals surface area contributed by atoms with Gasteiger partial charge in [0.05, 0.1) is 25.4 Å². The second-order valence-electron chi connectivity index (χ2n) is 8.05. The number of ether oxygens (including phenoxy) is 4. The molecule has 0 saturated carbocycles. The lowest BCUT2D eigenvalue weighted by Gasteiger charge is -2.42. The molecule has 0 amide bonds. The van der Waals surface area contributed by atoms with Gasteiger partial charge in [-0.15, -0.1) is 0 Å². The molecule has 4 rings (SSSR count). The van der Waals surface area contributed by atoms with Gasteiger partial charge in [-0.3, -0.25) is 0 Å². The number of aliphatic hydroxyl groups excluding tert-OH is 2. The zero-order valence-corrected chi connectivity index (χ0v) is 18.6. The monoisotopic (exact) mass is 464 g/mol. The lowest BCUT2D eigenvalue weighted by molar-refractivity contribution is -0.297. The van der Waals surface area contributed by atoms with Gasteiger partial charge in [-0.05, 0) is 23.3 Å². The Labute approximate surface area is 198 Å². The Morgan fingerprint density at radius 1 is 0.765 bits per heavy atom. The largest absolute Gasteiger partial charge is 0.450 e. The molecule has 1 heterocycles. The lowest BCUT2D eigenvalue weighted by atomic mass is 9.98. The highest BCUT2D eigenvalue weighted by Crippen LogP contribution is 2.27. The van der Waals surface area contributed by atoms with Crippen LogP contribution in [0, 0.1) is 0 Å². The molecule has 5 atom stereocenters. The molecular weight excluding hydrogens is 436 g/mol. The van der Waals surface area contributed by atoms with E-state index < -0.39 is 36.7 Å². The summed E-state index contributed by atoms with van der Waals surface area (Å²) in [5, 5.41) is 21.6. The van der Waals surface area contributed by atoms with Crippen molar-refractivity contribution in [2.24, 2.45) is 0 Å². The van der Waals surface area contributed by atoms with Crippen molar-refractivity contribution in [3.8, 4) is 0 Å². The van der Waals surface area contributed by atoms with E-state index in [4.69, 9.17) is 18.9 Å². The molecule has 1 fully saturated rings. The molecule has 0 aromatic heterocycles. The zero-order valence-electron chi connectivity index (χ0n) is 18.6. The second-order valence-corrected chi connectivity index (χ2v) is 8.05. The number of hydrogen-bond donors (Lipinski definition) is 2. The first-order valence-electron chi connectivity index (χ1n) is 11.2. The van der Waals surface area contributed by atoms with Crippen LogP contribution >= 0.6 is 0 Å². The van der Waals surface area contributed by atoms with Crippen LogP contribution in [0.1, 0.15) is 21.5 Å². The smallest absolute Gasteiger partial charge is 0.338 e.